The Bertz CT molecular complexity index is 586. The maximum Gasteiger partial charge on any atom is 0.240 e. The lowest BCUT2D eigenvalue weighted by Crippen LogP contribution is -2.38. The predicted molar refractivity (Wildman–Crippen MR) is 87.4 cm³/mol. The molecule has 2 rings (SSSR count). The van der Waals surface area contributed by atoms with Gasteiger partial charge in [-0.25, -0.2) is 13.1 Å². The van der Waals surface area contributed by atoms with Crippen LogP contribution < -0.4 is 4.72 Å². The Morgan fingerprint density at radius 2 is 1.86 bits per heavy atom. The third-order valence-electron chi connectivity index (χ3n) is 4.80. The summed E-state index contributed by atoms with van der Waals surface area (Å²) in [5.41, 5.74) is 2.30. The average Bonchev–Trinajstić information content (AvgIpc) is 2.96. The molecule has 0 atom stereocenters. The van der Waals surface area contributed by atoms with Crippen molar-refractivity contribution in [2.75, 3.05) is 12.4 Å². The number of nitrogens with one attached hydrogen (secondary N) is 1. The van der Waals surface area contributed by atoms with Crippen molar-refractivity contribution in [1.82, 2.24) is 4.72 Å². The summed E-state index contributed by atoms with van der Waals surface area (Å²) in [6, 6.07) is 5.49. The van der Waals surface area contributed by atoms with E-state index in [4.69, 9.17) is 11.6 Å². The van der Waals surface area contributed by atoms with Crippen LogP contribution in [-0.2, 0) is 22.9 Å². The van der Waals surface area contributed by atoms with E-state index in [-0.39, 0.29) is 5.41 Å². The Kier molecular flexibility index (Phi) is 5.33. The number of fused-ring (bicyclic) bond motifs is 1. The molecule has 0 saturated carbocycles. The molecule has 0 radical (unpaired) electrons. The maximum atomic E-state index is 12.5. The molecule has 21 heavy (non-hydrogen) atoms. The zero-order chi connectivity index (χ0) is 15.5. The van der Waals surface area contributed by atoms with Gasteiger partial charge in [0, 0.05) is 12.4 Å². The molecule has 1 aromatic rings. The van der Waals surface area contributed by atoms with Crippen LogP contribution >= 0.6 is 11.6 Å². The van der Waals surface area contributed by atoms with Gasteiger partial charge in [0.1, 0.15) is 0 Å². The molecule has 0 saturated heterocycles. The van der Waals surface area contributed by atoms with Crippen molar-refractivity contribution in [3.63, 3.8) is 0 Å². The van der Waals surface area contributed by atoms with Gasteiger partial charge < -0.3 is 0 Å². The van der Waals surface area contributed by atoms with Crippen molar-refractivity contribution in [2.45, 2.75) is 50.8 Å². The van der Waals surface area contributed by atoms with E-state index in [1.165, 1.54) is 11.1 Å². The number of halogens is 1. The lowest BCUT2D eigenvalue weighted by atomic mass is 9.85. The molecule has 0 aromatic heterocycles. The van der Waals surface area contributed by atoms with Crippen molar-refractivity contribution >= 4 is 21.6 Å². The summed E-state index contributed by atoms with van der Waals surface area (Å²) in [5, 5.41) is 0. The van der Waals surface area contributed by atoms with E-state index >= 15 is 0 Å². The van der Waals surface area contributed by atoms with Crippen LogP contribution in [0.4, 0.5) is 0 Å². The summed E-state index contributed by atoms with van der Waals surface area (Å²) in [6.07, 6.45) is 4.88. The normalized spacial score (nSPS) is 15.2. The molecule has 0 bridgehead atoms. The lowest BCUT2D eigenvalue weighted by molar-refractivity contribution is 0.304. The van der Waals surface area contributed by atoms with E-state index in [2.05, 4.69) is 18.6 Å². The molecule has 1 N–H and O–H groups in total. The van der Waals surface area contributed by atoms with Crippen LogP contribution in [0.3, 0.4) is 0 Å². The summed E-state index contributed by atoms with van der Waals surface area (Å²) in [4.78, 5) is 0.374. The summed E-state index contributed by atoms with van der Waals surface area (Å²) in [5.74, 6) is 0.465. The van der Waals surface area contributed by atoms with Crippen molar-refractivity contribution in [1.29, 1.82) is 0 Å². The molecule has 0 aliphatic heterocycles. The fourth-order valence-corrected chi connectivity index (χ4v) is 4.46. The maximum absolute atomic E-state index is 12.5. The molecular formula is C16H24ClNO2S. The smallest absolute Gasteiger partial charge is 0.211 e. The van der Waals surface area contributed by atoms with Gasteiger partial charge in [-0.15, -0.1) is 11.6 Å². The summed E-state index contributed by atoms with van der Waals surface area (Å²) in [6.45, 7) is 4.49. The van der Waals surface area contributed by atoms with Crippen LogP contribution in [0.25, 0.3) is 0 Å². The summed E-state index contributed by atoms with van der Waals surface area (Å²) >= 11 is 6.04. The molecule has 0 amide bonds. The Morgan fingerprint density at radius 1 is 1.19 bits per heavy atom. The monoisotopic (exact) mass is 329 g/mol. The molecule has 118 valence electrons. The van der Waals surface area contributed by atoms with Crippen molar-refractivity contribution in [3.8, 4) is 0 Å². The number of hydrogen-bond acceptors (Lipinski definition) is 2. The Balaban J connectivity index is 2.15. The van der Waals surface area contributed by atoms with E-state index < -0.39 is 10.0 Å². The fraction of sp³-hybridized carbons (Fsp3) is 0.625. The second kappa shape index (κ2) is 6.67. The first kappa shape index (κ1) is 16.8. The quantitative estimate of drug-likeness (QED) is 0.778. The zero-order valence-electron chi connectivity index (χ0n) is 12.8. The lowest BCUT2D eigenvalue weighted by Gasteiger charge is -2.29. The van der Waals surface area contributed by atoms with Gasteiger partial charge in [-0.2, -0.15) is 0 Å². The molecule has 1 aliphatic rings. The highest BCUT2D eigenvalue weighted by molar-refractivity contribution is 7.89. The number of alkyl halides is 1. The number of benzene rings is 1. The number of hydrogen-bond donors (Lipinski definition) is 1. The van der Waals surface area contributed by atoms with Gasteiger partial charge in [-0.1, -0.05) is 19.9 Å². The number of aryl methyl sites for hydroxylation is 2. The highest BCUT2D eigenvalue weighted by atomic mass is 35.5. The first-order valence-corrected chi connectivity index (χ1v) is 9.65. The SMILES string of the molecule is CCC(CC)(CCl)CNS(=O)(=O)c1ccc2c(c1)CCC2. The second-order valence-electron chi connectivity index (χ2n) is 5.95. The van der Waals surface area contributed by atoms with Crippen LogP contribution in [0.2, 0.25) is 0 Å². The van der Waals surface area contributed by atoms with E-state index in [0.29, 0.717) is 17.3 Å². The topological polar surface area (TPSA) is 46.2 Å². The molecule has 1 aromatic carbocycles. The third-order valence-corrected chi connectivity index (χ3v) is 6.77. The molecule has 5 heteroatoms. The van der Waals surface area contributed by atoms with Crippen LogP contribution in [0.1, 0.15) is 44.2 Å². The van der Waals surface area contributed by atoms with Crippen molar-refractivity contribution in [2.24, 2.45) is 5.41 Å². The van der Waals surface area contributed by atoms with Crippen LogP contribution in [0.5, 0.6) is 0 Å². The summed E-state index contributed by atoms with van der Waals surface area (Å²) in [7, 11) is -3.45. The standard InChI is InChI=1S/C16H24ClNO2S/c1-3-16(4-2,11-17)12-18-21(19,20)15-9-8-13-6-5-7-14(13)10-15/h8-10,18H,3-7,11-12H2,1-2H3. The molecular weight excluding hydrogens is 306 g/mol. The van der Waals surface area contributed by atoms with E-state index in [9.17, 15) is 8.42 Å². The van der Waals surface area contributed by atoms with Crippen LogP contribution in [0, 0.1) is 5.41 Å². The molecule has 0 spiro atoms. The Labute approximate surface area is 133 Å². The highest BCUT2D eigenvalue weighted by Gasteiger charge is 2.28. The third kappa shape index (κ3) is 3.61. The summed E-state index contributed by atoms with van der Waals surface area (Å²) < 4.78 is 27.7. The highest BCUT2D eigenvalue weighted by Crippen LogP contribution is 2.28. The Hall–Kier alpha value is -0.580. The van der Waals surface area contributed by atoms with Gasteiger partial charge in [-0.05, 0) is 60.8 Å². The predicted octanol–water partition coefficient (Wildman–Crippen LogP) is 3.50. The molecule has 0 heterocycles. The van der Waals surface area contributed by atoms with Gasteiger partial charge in [0.15, 0.2) is 0 Å². The van der Waals surface area contributed by atoms with Gasteiger partial charge in [-0.3, -0.25) is 0 Å². The van der Waals surface area contributed by atoms with Gasteiger partial charge >= 0.3 is 0 Å². The second-order valence-corrected chi connectivity index (χ2v) is 7.98. The number of rotatable bonds is 7. The molecule has 1 aliphatic carbocycles. The van der Waals surface area contributed by atoms with Gasteiger partial charge in [0.05, 0.1) is 4.90 Å². The van der Waals surface area contributed by atoms with Crippen LogP contribution in [-0.4, -0.2) is 20.8 Å². The fourth-order valence-electron chi connectivity index (χ4n) is 2.78. The minimum Gasteiger partial charge on any atom is -0.211 e. The minimum absolute atomic E-state index is 0.161. The van der Waals surface area contributed by atoms with E-state index in [1.54, 1.807) is 6.07 Å². The zero-order valence-corrected chi connectivity index (χ0v) is 14.4. The van der Waals surface area contributed by atoms with Crippen molar-refractivity contribution in [3.05, 3.63) is 29.3 Å². The van der Waals surface area contributed by atoms with Gasteiger partial charge in [0.2, 0.25) is 10.0 Å². The van der Waals surface area contributed by atoms with Gasteiger partial charge in [0.25, 0.3) is 0 Å². The van der Waals surface area contributed by atoms with E-state index in [1.807, 2.05) is 12.1 Å². The Morgan fingerprint density at radius 3 is 2.48 bits per heavy atom. The number of sulfonamides is 1. The molecule has 0 fully saturated rings. The minimum atomic E-state index is -3.45. The largest absolute Gasteiger partial charge is 0.240 e. The first-order chi connectivity index (χ1) is 9.96. The van der Waals surface area contributed by atoms with E-state index in [0.717, 1.165) is 32.1 Å². The molecule has 0 unspecified atom stereocenters. The first-order valence-electron chi connectivity index (χ1n) is 7.64. The van der Waals surface area contributed by atoms with Crippen molar-refractivity contribution < 1.29 is 8.42 Å². The van der Waals surface area contributed by atoms with Crippen LogP contribution in [0.15, 0.2) is 23.1 Å². The average molecular weight is 330 g/mol. The molecule has 3 nitrogen and oxygen atoms in total.